The number of carbonyl (C=O) groups is 1. The topological polar surface area (TPSA) is 67.4 Å². The first-order valence-corrected chi connectivity index (χ1v) is 7.26. The molecule has 0 bridgehead atoms. The Morgan fingerprint density at radius 3 is 2.77 bits per heavy atom. The van der Waals surface area contributed by atoms with Gasteiger partial charge >= 0.3 is 6.09 Å². The maximum Gasteiger partial charge on any atom is 0.415 e. The monoisotopic (exact) mass is 298 g/mol. The van der Waals surface area contributed by atoms with Gasteiger partial charge in [0.2, 0.25) is 5.95 Å². The lowest BCUT2D eigenvalue weighted by Gasteiger charge is -2.16. The lowest BCUT2D eigenvalue weighted by Crippen LogP contribution is -2.25. The van der Waals surface area contributed by atoms with Crippen molar-refractivity contribution in [3.05, 3.63) is 48.2 Å². The van der Waals surface area contributed by atoms with E-state index in [2.05, 4.69) is 15.3 Å². The first-order chi connectivity index (χ1) is 10.6. The molecule has 0 aliphatic carbocycles. The number of rotatable bonds is 4. The van der Waals surface area contributed by atoms with Crippen molar-refractivity contribution >= 4 is 17.9 Å². The molecule has 3 rings (SSSR count). The van der Waals surface area contributed by atoms with Crippen LogP contribution < -0.4 is 10.2 Å². The van der Waals surface area contributed by atoms with Gasteiger partial charge in [0.25, 0.3) is 0 Å². The van der Waals surface area contributed by atoms with E-state index in [-0.39, 0.29) is 18.2 Å². The van der Waals surface area contributed by atoms with E-state index in [9.17, 15) is 4.79 Å². The molecule has 1 amide bonds. The predicted octanol–water partition coefficient (Wildman–Crippen LogP) is 2.99. The van der Waals surface area contributed by atoms with Gasteiger partial charge in [0, 0.05) is 6.20 Å². The zero-order valence-electron chi connectivity index (χ0n) is 12.6. The van der Waals surface area contributed by atoms with Crippen LogP contribution in [0.25, 0.3) is 0 Å². The maximum absolute atomic E-state index is 11.8. The number of ether oxygens (including phenoxy) is 1. The molecule has 2 aromatic rings. The lowest BCUT2D eigenvalue weighted by atomic mass is 10.1. The molecule has 1 N–H and O–H groups in total. The average Bonchev–Trinajstić information content (AvgIpc) is 2.87. The van der Waals surface area contributed by atoms with Crippen molar-refractivity contribution in [1.29, 1.82) is 0 Å². The van der Waals surface area contributed by atoms with Gasteiger partial charge < -0.3 is 10.1 Å². The molecule has 0 spiro atoms. The standard InChI is InChI=1S/C16H18N4O2/c1-11-10-20(16(21)22-11)14-8-9-17-15(19-14)18-12(2)13-6-4-3-5-7-13/h3-9,11-12H,10H2,1-2H3,(H,17,18,19)/t11-,12+/m1/s1. The summed E-state index contributed by atoms with van der Waals surface area (Å²) < 4.78 is 5.12. The number of amides is 1. The van der Waals surface area contributed by atoms with Crippen LogP contribution in [0.15, 0.2) is 42.6 Å². The summed E-state index contributed by atoms with van der Waals surface area (Å²) in [5.74, 6) is 1.04. The van der Waals surface area contributed by atoms with Gasteiger partial charge in [0.15, 0.2) is 0 Å². The average molecular weight is 298 g/mol. The molecule has 6 nitrogen and oxygen atoms in total. The third-order valence-corrected chi connectivity index (χ3v) is 3.52. The summed E-state index contributed by atoms with van der Waals surface area (Å²) in [6, 6.07) is 11.8. The Kier molecular flexibility index (Phi) is 3.91. The number of benzene rings is 1. The third-order valence-electron chi connectivity index (χ3n) is 3.52. The molecule has 0 unspecified atom stereocenters. The summed E-state index contributed by atoms with van der Waals surface area (Å²) in [6.45, 7) is 4.40. The highest BCUT2D eigenvalue weighted by molar-refractivity contribution is 5.88. The minimum atomic E-state index is -0.367. The first-order valence-electron chi connectivity index (χ1n) is 7.26. The summed E-state index contributed by atoms with van der Waals surface area (Å²) in [5, 5.41) is 3.25. The molecule has 0 saturated carbocycles. The van der Waals surface area contributed by atoms with Crippen LogP contribution in [0.4, 0.5) is 16.6 Å². The molecule has 22 heavy (non-hydrogen) atoms. The maximum atomic E-state index is 11.8. The highest BCUT2D eigenvalue weighted by Crippen LogP contribution is 2.21. The second kappa shape index (κ2) is 6.01. The highest BCUT2D eigenvalue weighted by Gasteiger charge is 2.30. The molecule has 1 saturated heterocycles. The van der Waals surface area contributed by atoms with Crippen molar-refractivity contribution in [2.45, 2.75) is 26.0 Å². The van der Waals surface area contributed by atoms with Crippen LogP contribution in [0.5, 0.6) is 0 Å². The van der Waals surface area contributed by atoms with Crippen LogP contribution in [0.1, 0.15) is 25.5 Å². The number of carbonyl (C=O) groups excluding carboxylic acids is 1. The van der Waals surface area contributed by atoms with Crippen molar-refractivity contribution in [2.75, 3.05) is 16.8 Å². The number of aromatic nitrogens is 2. The van der Waals surface area contributed by atoms with Gasteiger partial charge in [-0.05, 0) is 25.5 Å². The van der Waals surface area contributed by atoms with Crippen LogP contribution in [-0.4, -0.2) is 28.7 Å². The fourth-order valence-corrected chi connectivity index (χ4v) is 2.38. The molecule has 2 heterocycles. The lowest BCUT2D eigenvalue weighted by molar-refractivity contribution is 0.150. The zero-order chi connectivity index (χ0) is 15.5. The molecule has 1 fully saturated rings. The minimum absolute atomic E-state index is 0.0703. The Hall–Kier alpha value is -2.63. The first kappa shape index (κ1) is 14.3. The van der Waals surface area contributed by atoms with E-state index < -0.39 is 0 Å². The Balaban J connectivity index is 1.76. The predicted molar refractivity (Wildman–Crippen MR) is 83.8 cm³/mol. The number of nitrogens with zero attached hydrogens (tertiary/aromatic N) is 3. The summed E-state index contributed by atoms with van der Waals surface area (Å²) in [4.78, 5) is 21.9. The number of hydrogen-bond acceptors (Lipinski definition) is 5. The van der Waals surface area contributed by atoms with Crippen LogP contribution in [0.2, 0.25) is 0 Å². The summed E-state index contributed by atoms with van der Waals surface area (Å²) in [6.07, 6.45) is 1.15. The molecule has 0 radical (unpaired) electrons. The number of hydrogen-bond donors (Lipinski definition) is 1. The van der Waals surface area contributed by atoms with E-state index in [4.69, 9.17) is 4.74 Å². The molecular weight excluding hydrogens is 280 g/mol. The molecule has 1 aromatic heterocycles. The largest absolute Gasteiger partial charge is 0.444 e. The van der Waals surface area contributed by atoms with Crippen LogP contribution in [0, 0.1) is 0 Å². The number of cyclic esters (lactones) is 1. The highest BCUT2D eigenvalue weighted by atomic mass is 16.6. The fraction of sp³-hybridized carbons (Fsp3) is 0.312. The van der Waals surface area contributed by atoms with Gasteiger partial charge in [0.05, 0.1) is 12.6 Å². The molecule has 1 aromatic carbocycles. The third kappa shape index (κ3) is 3.00. The van der Waals surface area contributed by atoms with E-state index >= 15 is 0 Å². The summed E-state index contributed by atoms with van der Waals surface area (Å²) in [5.41, 5.74) is 1.14. The van der Waals surface area contributed by atoms with Gasteiger partial charge in [-0.15, -0.1) is 0 Å². The van der Waals surface area contributed by atoms with Gasteiger partial charge in [0.1, 0.15) is 11.9 Å². The zero-order valence-corrected chi connectivity index (χ0v) is 12.6. The van der Waals surface area contributed by atoms with Gasteiger partial charge in [-0.3, -0.25) is 4.90 Å². The van der Waals surface area contributed by atoms with E-state index in [1.165, 1.54) is 4.90 Å². The van der Waals surface area contributed by atoms with E-state index in [1.807, 2.05) is 44.2 Å². The van der Waals surface area contributed by atoms with Crippen LogP contribution in [-0.2, 0) is 4.74 Å². The van der Waals surface area contributed by atoms with Crippen LogP contribution in [0.3, 0.4) is 0 Å². The number of nitrogens with one attached hydrogen (secondary N) is 1. The van der Waals surface area contributed by atoms with Gasteiger partial charge in [-0.25, -0.2) is 9.78 Å². The normalized spacial score (nSPS) is 18.9. The Labute approximate surface area is 129 Å². The Morgan fingerprint density at radius 1 is 1.32 bits per heavy atom. The van der Waals surface area contributed by atoms with Gasteiger partial charge in [-0.2, -0.15) is 4.98 Å². The van der Waals surface area contributed by atoms with Crippen molar-refractivity contribution in [2.24, 2.45) is 0 Å². The van der Waals surface area contributed by atoms with Crippen molar-refractivity contribution in [3.8, 4) is 0 Å². The Morgan fingerprint density at radius 2 is 2.09 bits per heavy atom. The molecule has 114 valence electrons. The van der Waals surface area contributed by atoms with E-state index in [0.717, 1.165) is 5.56 Å². The molecule has 6 heteroatoms. The van der Waals surface area contributed by atoms with Crippen molar-refractivity contribution < 1.29 is 9.53 Å². The summed E-state index contributed by atoms with van der Waals surface area (Å²) in [7, 11) is 0. The van der Waals surface area contributed by atoms with E-state index in [0.29, 0.717) is 18.3 Å². The minimum Gasteiger partial charge on any atom is -0.444 e. The van der Waals surface area contributed by atoms with Crippen molar-refractivity contribution in [1.82, 2.24) is 9.97 Å². The quantitative estimate of drug-likeness (QED) is 0.940. The molecule has 1 aliphatic heterocycles. The second-order valence-corrected chi connectivity index (χ2v) is 5.32. The van der Waals surface area contributed by atoms with Gasteiger partial charge in [-0.1, -0.05) is 30.3 Å². The molecule has 2 atom stereocenters. The number of anilines is 2. The summed E-state index contributed by atoms with van der Waals surface area (Å²) >= 11 is 0. The van der Waals surface area contributed by atoms with E-state index in [1.54, 1.807) is 12.3 Å². The SMILES string of the molecule is C[C@@H]1CN(c2ccnc(N[C@@H](C)c3ccccc3)n2)C(=O)O1. The smallest absolute Gasteiger partial charge is 0.415 e. The molecule has 1 aliphatic rings. The Bertz CT molecular complexity index is 662. The molecular formula is C16H18N4O2. The second-order valence-electron chi connectivity index (χ2n) is 5.32. The fourth-order valence-electron chi connectivity index (χ4n) is 2.38. The van der Waals surface area contributed by atoms with Crippen molar-refractivity contribution in [3.63, 3.8) is 0 Å². The van der Waals surface area contributed by atoms with Crippen LogP contribution >= 0.6 is 0 Å².